The summed E-state index contributed by atoms with van der Waals surface area (Å²) in [7, 11) is 0. The maximum atomic E-state index is 12.8. The van der Waals surface area contributed by atoms with E-state index < -0.39 is 4.87 Å². The number of pyridine rings is 1. The van der Waals surface area contributed by atoms with Crippen molar-refractivity contribution in [3.63, 3.8) is 0 Å². The number of aryl methyl sites for hydroxylation is 1. The van der Waals surface area contributed by atoms with Crippen molar-refractivity contribution in [1.82, 2.24) is 9.55 Å². The van der Waals surface area contributed by atoms with Gasteiger partial charge in [-0.2, -0.15) is 0 Å². The van der Waals surface area contributed by atoms with Gasteiger partial charge in [-0.05, 0) is 42.2 Å². The minimum Gasteiger partial charge on any atom is -0.493 e. The number of aromatic nitrogens is 2. The van der Waals surface area contributed by atoms with Gasteiger partial charge in [0.25, 0.3) is 0 Å². The lowest BCUT2D eigenvalue weighted by molar-refractivity contribution is 0.0886. The summed E-state index contributed by atoms with van der Waals surface area (Å²) in [6.45, 7) is 4.93. The van der Waals surface area contributed by atoms with Gasteiger partial charge in [-0.3, -0.25) is 14.6 Å². The number of nitrogens with zero attached hydrogens (tertiary/aromatic N) is 2. The van der Waals surface area contributed by atoms with Crippen molar-refractivity contribution in [3.8, 4) is 11.6 Å². The summed E-state index contributed by atoms with van der Waals surface area (Å²) in [6, 6.07) is 11.8. The lowest BCUT2D eigenvalue weighted by atomic mass is 10.0. The Morgan fingerprint density at radius 3 is 1.75 bits per heavy atom. The van der Waals surface area contributed by atoms with E-state index in [0.29, 0.717) is 17.9 Å². The molecule has 0 saturated heterocycles. The molecule has 0 unspecified atom stereocenters. The molecule has 3 aromatic rings. The molecule has 1 aromatic carbocycles. The Bertz CT molecular complexity index is 1330. The van der Waals surface area contributed by atoms with Gasteiger partial charge in [0.2, 0.25) is 11.8 Å². The van der Waals surface area contributed by atoms with E-state index in [1.54, 1.807) is 0 Å². The maximum absolute atomic E-state index is 12.8. The fourth-order valence-corrected chi connectivity index (χ4v) is 7.10. The maximum Gasteiger partial charge on any atom is 0.317 e. The predicted octanol–water partition coefficient (Wildman–Crippen LogP) is 11.2. The number of carbonyl (C=O) groups is 1. The van der Waals surface area contributed by atoms with Crippen LogP contribution >= 0.6 is 11.3 Å². The van der Waals surface area contributed by atoms with E-state index >= 15 is 0 Å². The molecule has 2 heterocycles. The van der Waals surface area contributed by atoms with Gasteiger partial charge >= 0.3 is 4.87 Å². The zero-order valence-electron chi connectivity index (χ0n) is 30.0. The zero-order valence-corrected chi connectivity index (χ0v) is 30.8. The number of benzene rings is 1. The quantitative estimate of drug-likeness (QED) is 0.0812. The average molecular weight is 679 g/mol. The van der Waals surface area contributed by atoms with E-state index in [9.17, 15) is 14.7 Å². The fraction of sp³-hybridized carbons (Fsp3) is 0.634. The number of rotatable bonds is 27. The van der Waals surface area contributed by atoms with E-state index in [4.69, 9.17) is 4.74 Å². The molecule has 48 heavy (non-hydrogen) atoms. The Morgan fingerprint density at radius 2 is 1.25 bits per heavy atom. The second kappa shape index (κ2) is 24.2. The summed E-state index contributed by atoms with van der Waals surface area (Å²) in [6.07, 6.45) is 29.1. The van der Waals surface area contributed by atoms with Crippen LogP contribution in [-0.4, -0.2) is 27.2 Å². The minimum atomic E-state index is -0.411. The molecule has 7 heteroatoms. The minimum absolute atomic E-state index is 0.213. The van der Waals surface area contributed by atoms with Crippen LogP contribution in [0.2, 0.25) is 0 Å². The van der Waals surface area contributed by atoms with E-state index in [-0.39, 0.29) is 18.2 Å². The lowest BCUT2D eigenvalue weighted by Gasteiger charge is -2.08. The SMILES string of the molecule is CCCCCCCCCCCCCCCCCCCCCC(=O)n1c(O)c(Cc2ccc(OCCc3ccc(CC)cn3)cc2)sc1=O. The molecule has 3 rings (SSSR count). The van der Waals surface area contributed by atoms with E-state index in [1.807, 2.05) is 36.5 Å². The predicted molar refractivity (Wildman–Crippen MR) is 201 cm³/mol. The molecule has 0 aliphatic rings. The van der Waals surface area contributed by atoms with Crippen LogP contribution in [0.1, 0.15) is 169 Å². The number of aromatic hydroxyl groups is 1. The summed E-state index contributed by atoms with van der Waals surface area (Å²) < 4.78 is 6.84. The van der Waals surface area contributed by atoms with Crippen LogP contribution in [0.5, 0.6) is 11.6 Å². The number of carbonyl (C=O) groups excluding carboxylic acids is 1. The van der Waals surface area contributed by atoms with Gasteiger partial charge in [0, 0.05) is 31.2 Å². The smallest absolute Gasteiger partial charge is 0.317 e. The zero-order chi connectivity index (χ0) is 34.2. The van der Waals surface area contributed by atoms with Crippen molar-refractivity contribution in [3.05, 3.63) is 74.0 Å². The largest absolute Gasteiger partial charge is 0.493 e. The van der Waals surface area contributed by atoms with Crippen molar-refractivity contribution >= 4 is 17.2 Å². The second-order valence-electron chi connectivity index (χ2n) is 13.4. The molecular weight excluding hydrogens is 617 g/mol. The highest BCUT2D eigenvalue weighted by atomic mass is 32.1. The van der Waals surface area contributed by atoms with Crippen molar-refractivity contribution in [1.29, 1.82) is 0 Å². The first-order valence-electron chi connectivity index (χ1n) is 19.1. The first-order valence-corrected chi connectivity index (χ1v) is 20.0. The Hall–Kier alpha value is -2.93. The molecule has 2 aromatic heterocycles. The Balaban J connectivity index is 1.22. The second-order valence-corrected chi connectivity index (χ2v) is 14.4. The van der Waals surface area contributed by atoms with E-state index in [2.05, 4.69) is 24.9 Å². The van der Waals surface area contributed by atoms with Crippen molar-refractivity contribution in [2.45, 2.75) is 162 Å². The monoisotopic (exact) mass is 678 g/mol. The number of hydrogen-bond donors (Lipinski definition) is 1. The van der Waals surface area contributed by atoms with Crippen molar-refractivity contribution in [2.75, 3.05) is 6.61 Å². The summed E-state index contributed by atoms with van der Waals surface area (Å²) >= 11 is 0.947. The van der Waals surface area contributed by atoms with Gasteiger partial charge in [0.15, 0.2) is 0 Å². The highest BCUT2D eigenvalue weighted by Crippen LogP contribution is 2.25. The van der Waals surface area contributed by atoms with Gasteiger partial charge < -0.3 is 9.84 Å². The molecule has 0 bridgehead atoms. The summed E-state index contributed by atoms with van der Waals surface area (Å²) in [4.78, 5) is 30.0. The molecule has 0 aliphatic carbocycles. The summed E-state index contributed by atoms with van der Waals surface area (Å²) in [5.74, 6) is 0.234. The van der Waals surface area contributed by atoms with Crippen LogP contribution in [0, 0.1) is 0 Å². The first-order chi connectivity index (χ1) is 23.5. The molecule has 0 fully saturated rings. The summed E-state index contributed by atoms with van der Waals surface area (Å²) in [5.41, 5.74) is 3.17. The van der Waals surface area contributed by atoms with Crippen LogP contribution in [0.4, 0.5) is 0 Å². The number of thiazole rings is 1. The van der Waals surface area contributed by atoms with Gasteiger partial charge in [0.1, 0.15) is 5.75 Å². The van der Waals surface area contributed by atoms with E-state index in [1.165, 1.54) is 108 Å². The van der Waals surface area contributed by atoms with Crippen LogP contribution < -0.4 is 9.61 Å². The molecule has 0 aliphatic heterocycles. The van der Waals surface area contributed by atoms with Gasteiger partial charge in [0.05, 0.1) is 11.5 Å². The number of unbranched alkanes of at least 4 members (excludes halogenated alkanes) is 18. The highest BCUT2D eigenvalue weighted by molar-refractivity contribution is 7.09. The third-order valence-electron chi connectivity index (χ3n) is 9.31. The molecular formula is C41H62N2O4S. The van der Waals surface area contributed by atoms with Crippen LogP contribution in [0.15, 0.2) is 47.4 Å². The molecule has 6 nitrogen and oxygen atoms in total. The number of ether oxygens (including phenoxy) is 1. The normalized spacial score (nSPS) is 11.3. The van der Waals surface area contributed by atoms with Crippen molar-refractivity contribution in [2.24, 2.45) is 0 Å². The van der Waals surface area contributed by atoms with Crippen LogP contribution in [0.25, 0.3) is 0 Å². The molecule has 0 amide bonds. The standard InChI is InChI=1S/C41H62N2O4S/c1-3-5-6-7-8-9-10-11-12-13-14-15-16-17-18-19-20-21-22-23-39(44)43-40(45)38(48-41(43)46)32-35-25-28-37(29-26-35)47-31-30-36-27-24-34(4-2)33-42-36/h24-29,33,45H,3-23,30-32H2,1-2H3. The van der Waals surface area contributed by atoms with E-state index in [0.717, 1.165) is 65.0 Å². The van der Waals surface area contributed by atoms with Gasteiger partial charge in [-0.15, -0.1) is 0 Å². The molecule has 266 valence electrons. The lowest BCUT2D eigenvalue weighted by Crippen LogP contribution is -2.20. The number of hydrogen-bond acceptors (Lipinski definition) is 6. The first kappa shape index (κ1) is 39.5. The molecule has 0 saturated carbocycles. The van der Waals surface area contributed by atoms with Crippen LogP contribution in [0.3, 0.4) is 0 Å². The van der Waals surface area contributed by atoms with Crippen LogP contribution in [-0.2, 0) is 19.3 Å². The Kier molecular flexibility index (Phi) is 20.0. The fourth-order valence-electron chi connectivity index (χ4n) is 6.18. The third-order valence-corrected chi connectivity index (χ3v) is 10.2. The summed E-state index contributed by atoms with van der Waals surface area (Å²) in [5, 5.41) is 10.7. The topological polar surface area (TPSA) is 81.4 Å². The molecule has 0 radical (unpaired) electrons. The average Bonchev–Trinajstić information content (AvgIpc) is 3.38. The molecule has 0 atom stereocenters. The molecule has 0 spiro atoms. The molecule has 1 N–H and O–H groups in total. The highest BCUT2D eigenvalue weighted by Gasteiger charge is 2.19. The van der Waals surface area contributed by atoms with Gasteiger partial charge in [-0.25, -0.2) is 4.57 Å². The van der Waals surface area contributed by atoms with Crippen molar-refractivity contribution < 1.29 is 14.6 Å². The van der Waals surface area contributed by atoms with Gasteiger partial charge in [-0.1, -0.05) is 159 Å². The Morgan fingerprint density at radius 1 is 0.729 bits per heavy atom. The third kappa shape index (κ3) is 15.5. The Labute approximate surface area is 294 Å².